The lowest BCUT2D eigenvalue weighted by Crippen LogP contribution is -2.58. The highest BCUT2D eigenvalue weighted by atomic mass is 32.1. The predicted octanol–water partition coefficient (Wildman–Crippen LogP) is 12.7. The molecule has 4 aromatic carbocycles. The summed E-state index contributed by atoms with van der Waals surface area (Å²) in [5.41, 5.74) is -4.40. The van der Waals surface area contributed by atoms with Gasteiger partial charge in [-0.05, 0) is 165 Å². The van der Waals surface area contributed by atoms with Gasteiger partial charge in [-0.3, -0.25) is 60.9 Å². The van der Waals surface area contributed by atoms with Crippen molar-refractivity contribution in [2.75, 3.05) is 83.5 Å². The van der Waals surface area contributed by atoms with E-state index in [0.717, 1.165) is 9.13 Å². The fraction of sp³-hybridized carbons (Fsp3) is 0.516. The summed E-state index contributed by atoms with van der Waals surface area (Å²) in [6, 6.07) is 36.8. The lowest BCUT2D eigenvalue weighted by atomic mass is 9.95. The highest BCUT2D eigenvalue weighted by Gasteiger charge is 2.62. The van der Waals surface area contributed by atoms with Crippen LogP contribution < -0.4 is 34.8 Å². The van der Waals surface area contributed by atoms with Crippen molar-refractivity contribution >= 4 is 126 Å². The summed E-state index contributed by atoms with van der Waals surface area (Å²) in [4.78, 5) is 71.9. The molecule has 148 heavy (non-hydrogen) atoms. The van der Waals surface area contributed by atoms with E-state index >= 15 is 0 Å². The number of benzene rings is 4. The first-order valence-corrected chi connectivity index (χ1v) is 55.1. The molecule has 12 rings (SSSR count). The number of nitrogens with two attached hydrogens (primary N) is 1. The second kappa shape index (κ2) is 53.9. The Hall–Kier alpha value is -9.15. The lowest BCUT2D eigenvalue weighted by molar-refractivity contribution is -0.152. The number of para-hydroxylation sites is 4. The molecule has 0 radical (unpaired) electrons. The number of hydrogen-bond acceptors (Lipinski definition) is 40. The number of alkyl halides is 4. The van der Waals surface area contributed by atoms with Crippen molar-refractivity contribution in [3.05, 3.63) is 212 Å². The Morgan fingerprint density at radius 1 is 0.426 bits per heavy atom. The molecule has 0 spiro atoms. The number of aromatic nitrogens is 6. The number of carbonyl (C=O) groups excluding carboxylic acids is 4. The molecule has 816 valence electrons. The number of nitrogen functional groups attached to an aromatic ring is 1. The Kier molecular flexibility index (Phi) is 44.6. The number of aromatic amines is 2. The number of anilines is 1. The second-order valence-corrected chi connectivity index (χ2v) is 46.3. The number of halogens is 4. The Balaban J connectivity index is 0.000000219. The van der Waals surface area contributed by atoms with Crippen molar-refractivity contribution in [1.82, 2.24) is 38.9 Å². The first-order valence-electron chi connectivity index (χ1n) is 46.2. The molecular weight excluding hydrogens is 2130 g/mol. The molecule has 13 N–H and O–H groups in total. The zero-order valence-corrected chi connectivity index (χ0v) is 90.0. The fourth-order valence-electron chi connectivity index (χ4n) is 14.9. The first-order chi connectivity index (χ1) is 69.5. The zero-order valence-electron chi connectivity index (χ0n) is 82.3. The number of esters is 4. The van der Waals surface area contributed by atoms with E-state index in [-0.39, 0.29) is 91.1 Å². The predicted molar refractivity (Wildman–Crippen MR) is 541 cm³/mol. The third-order valence-electron chi connectivity index (χ3n) is 22.4. The van der Waals surface area contributed by atoms with Gasteiger partial charge >= 0.3 is 60.0 Å². The standard InChI is InChI=1S/C24H32FN2O8PS.C23H31FN3O8PS.C23H30FN2O9PS.C23H30FN2O8PS2/c1-15(2)33-21(29)16(3)13-36(31,35-18-8-6-5-7-9-18)32-12-19-20(28)24(30,14-25)22(34-19)27-11-10-17(4)26-23(27)37;1-14(2)33-20(29)15(3)12-36(31,35-16-7-5-4-6-8-16)32-11-17-19(28)23(30,13-24)21(34-17)27-10-9-18(25)26-22(27)37;1-14(2)33-20(28)15(3)12-36(31,35-16-7-5-4-6-8-16)32-11-17-19(27)23(30,13-24)21(34-17)26-10-9-18(37)25-22(26)29;1-14(2)32-20(28)15(3)12-35(30,34-16-7-5-4-6-8-16)31-11-17-19(27)23(29,13-24)21(33-17)26-10-9-18(36)25-22(26)37/h5-11,15-16,19-20,22,28,30H,4,12-14H2,1-3H3,(H,26,37);4-10,14-15,17,19,21,28,30H,11-13H2,1-3H3,(H2,25,26,37);4-10,14-15,17,19,21,27,30H,11-13H2,1-3H3,(H,25,29,37);4-10,14-15,17,19,21,27,29H,11-13H2,1-3H3,(H,25,36,37)/t16-,19-,20+,22-,24?,36?;2*15-,17-,19+,21-,23?,36?;15-,17-,19+,21-,23?,35?/m1111/s1. The number of nitrogens with zero attached hydrogens (tertiary/aromatic N) is 5. The summed E-state index contributed by atoms with van der Waals surface area (Å²) in [6.07, 6.45) is -14.6. The van der Waals surface area contributed by atoms with E-state index in [0.29, 0.717) is 10.3 Å². The van der Waals surface area contributed by atoms with Crippen LogP contribution in [-0.2, 0) is 93.4 Å². The number of ether oxygens (including phenoxy) is 8. The van der Waals surface area contributed by atoms with Crippen LogP contribution in [0.3, 0.4) is 0 Å². The number of H-pyrrole nitrogens is 2. The number of rotatable bonds is 44. The van der Waals surface area contributed by atoms with Crippen molar-refractivity contribution in [3.8, 4) is 23.0 Å². The molecule has 3 aromatic heterocycles. The molecule has 4 fully saturated rings. The molecule has 55 heteroatoms. The Morgan fingerprint density at radius 2 is 0.696 bits per heavy atom. The SMILES string of the molecule is C=C1C=CN([C@@H]2O[C@H](COP(=O)(C[C@@H](C)C(=O)OC(C)C)Oc3ccccc3)[C@H](O)C2(O)CF)C(=S)N1.CC(C)OC(=O)[C@H](C)CP(=O)(OC[C@H]1O[C@@H](n2ccc(=S)[nH]c2=O)C(O)(CF)[C@H]1O)Oc1ccccc1.CC(C)OC(=O)[C@H](C)CP(=O)(OC[C@H]1O[C@@H](n2ccc(=S)[nH]c2=S)C(O)(CF)[C@H]1O)Oc1ccccc1.CC(C)OC(=O)[C@H](C)CP(=O)(OC[C@H]1O[C@@H](n2ccc(N)nc2=S)C(O)(CF)[C@H]1O)Oc1ccccc1. The van der Waals surface area contributed by atoms with Crippen LogP contribution >= 0.6 is 91.5 Å². The van der Waals surface area contributed by atoms with Gasteiger partial charge in [0.2, 0.25) is 4.77 Å². The van der Waals surface area contributed by atoms with E-state index in [1.165, 1.54) is 98.4 Å². The van der Waals surface area contributed by atoms with E-state index < -0.39 is 239 Å². The molecule has 24 atom stereocenters. The Bertz CT molecular complexity index is 6020. The summed E-state index contributed by atoms with van der Waals surface area (Å²) < 4.78 is 203. The highest BCUT2D eigenvalue weighted by molar-refractivity contribution is 7.80. The molecule has 0 aliphatic carbocycles. The second-order valence-electron chi connectivity index (χ2n) is 36.2. The van der Waals surface area contributed by atoms with Crippen LogP contribution in [0.4, 0.5) is 23.4 Å². The van der Waals surface area contributed by atoms with Crippen molar-refractivity contribution in [1.29, 1.82) is 0 Å². The highest BCUT2D eigenvalue weighted by Crippen LogP contribution is 2.56. The molecule has 4 saturated heterocycles. The normalized spacial score (nSPS) is 26.5. The Labute approximate surface area is 875 Å². The first kappa shape index (κ1) is 122. The van der Waals surface area contributed by atoms with Gasteiger partial charge in [-0.1, -0.05) is 132 Å². The van der Waals surface area contributed by atoms with E-state index in [1.54, 1.807) is 165 Å². The third-order valence-corrected chi connectivity index (χ3v) is 32.0. The van der Waals surface area contributed by atoms with Crippen LogP contribution in [0.25, 0.3) is 0 Å². The molecular formula is C93H123F4N9O33P4S5. The molecule has 0 saturated carbocycles. The summed E-state index contributed by atoms with van der Waals surface area (Å²) in [5, 5.41) is 89.5. The minimum Gasteiger partial charge on any atom is -0.463 e. The molecule has 0 bridgehead atoms. The number of nitrogens with one attached hydrogen (secondary N) is 3. The van der Waals surface area contributed by atoms with Gasteiger partial charge in [0.25, 0.3) is 0 Å². The van der Waals surface area contributed by atoms with Gasteiger partial charge in [0.15, 0.2) is 57.2 Å². The van der Waals surface area contributed by atoms with Gasteiger partial charge in [0.1, 0.15) is 114 Å². The fourth-order valence-corrected chi connectivity index (χ4v) is 23.6. The average Bonchev–Trinajstić information content (AvgIpc) is 1.63. The molecule has 8 unspecified atom stereocenters. The number of allylic oxidation sites excluding steroid dienone is 1. The van der Waals surface area contributed by atoms with Crippen LogP contribution in [0.2, 0.25) is 0 Å². The smallest absolute Gasteiger partial charge is 0.380 e. The molecule has 8 heterocycles. The lowest BCUT2D eigenvalue weighted by Gasteiger charge is -2.37. The quantitative estimate of drug-likeness (QED) is 0.00555. The minimum absolute atomic E-state index is 0.0358. The Morgan fingerprint density at radius 3 is 0.973 bits per heavy atom. The van der Waals surface area contributed by atoms with Crippen molar-refractivity contribution in [3.63, 3.8) is 0 Å². The summed E-state index contributed by atoms with van der Waals surface area (Å²) in [5.74, 6) is -4.83. The third kappa shape index (κ3) is 32.5. The number of thiocarbonyl (C=S) groups is 1. The van der Waals surface area contributed by atoms with Crippen molar-refractivity contribution < 1.29 is 170 Å². The van der Waals surface area contributed by atoms with Crippen LogP contribution in [-0.4, -0.2) is 283 Å². The van der Waals surface area contributed by atoms with Crippen molar-refractivity contribution in [2.24, 2.45) is 23.7 Å². The number of hydrogen-bond donors (Lipinski definition) is 12. The minimum atomic E-state index is -4.09. The van der Waals surface area contributed by atoms with Gasteiger partial charge in [0, 0.05) is 30.5 Å². The molecule has 5 aliphatic rings. The van der Waals surface area contributed by atoms with E-state index in [1.807, 2.05) is 0 Å². The van der Waals surface area contributed by atoms with Crippen LogP contribution in [0.15, 0.2) is 187 Å². The number of carbonyl (C=O) groups is 4. The topological polar surface area (TPSA) is 564 Å². The van der Waals surface area contributed by atoms with Crippen molar-refractivity contribution in [2.45, 2.75) is 204 Å². The largest absolute Gasteiger partial charge is 0.463 e. The monoisotopic (exact) mass is 2250 g/mol. The van der Waals surface area contributed by atoms with E-state index in [4.69, 9.17) is 141 Å². The van der Waals surface area contributed by atoms with Crippen LogP contribution in [0.1, 0.15) is 102 Å². The zero-order chi connectivity index (χ0) is 110. The molecule has 7 aromatic rings. The van der Waals surface area contributed by atoms with Gasteiger partial charge in [0.05, 0.1) is 99.2 Å². The summed E-state index contributed by atoms with van der Waals surface area (Å²) in [6.45, 7) is 15.4. The maximum absolute atomic E-state index is 14.0. The number of aliphatic hydroxyl groups is 8. The van der Waals surface area contributed by atoms with E-state index in [9.17, 15) is 101 Å². The van der Waals surface area contributed by atoms with Crippen LogP contribution in [0.5, 0.6) is 23.0 Å². The molecule has 42 nitrogen and oxygen atoms in total. The van der Waals surface area contributed by atoms with Gasteiger partial charge in [-0.25, -0.2) is 45.6 Å². The van der Waals surface area contributed by atoms with Gasteiger partial charge < -0.3 is 113 Å². The maximum atomic E-state index is 14.0. The number of aliphatic hydroxyl groups excluding tert-OH is 4. The van der Waals surface area contributed by atoms with E-state index in [2.05, 4.69) is 26.8 Å². The van der Waals surface area contributed by atoms with Crippen LogP contribution in [0, 0.1) is 42.5 Å². The molecule has 5 aliphatic heterocycles. The van der Waals surface area contributed by atoms with Gasteiger partial charge in [-0.2, -0.15) is 0 Å². The summed E-state index contributed by atoms with van der Waals surface area (Å²) >= 11 is 25.5. The average molecular weight is 2260 g/mol. The summed E-state index contributed by atoms with van der Waals surface area (Å²) in [7, 11) is -16.2. The van der Waals surface area contributed by atoms with Gasteiger partial charge in [-0.15, -0.1) is 0 Å². The maximum Gasteiger partial charge on any atom is 0.380 e. The molecule has 0 amide bonds.